The average molecular weight is 370 g/mol. The summed E-state index contributed by atoms with van der Waals surface area (Å²) in [5, 5.41) is 9.00. The number of hydrogen-bond acceptors (Lipinski definition) is 6. The Morgan fingerprint density at radius 3 is 2.56 bits per heavy atom. The summed E-state index contributed by atoms with van der Waals surface area (Å²) in [7, 11) is 0. The summed E-state index contributed by atoms with van der Waals surface area (Å²) >= 11 is 5.60. The van der Waals surface area contributed by atoms with Crippen LogP contribution in [0.4, 0.5) is 36.4 Å². The number of benzene rings is 1. The van der Waals surface area contributed by atoms with Crippen LogP contribution in [0.3, 0.4) is 0 Å². The number of aromatic nitrogens is 3. The zero-order valence-electron chi connectivity index (χ0n) is 12.7. The van der Waals surface area contributed by atoms with Gasteiger partial charge < -0.3 is 15.2 Å². The standard InChI is InChI=1S/C15H11ClF3N5O/c1-8-6-13(24-25-8)22-12-4-5-20-14(23-12)21-9-2-3-11(16)10(7-9)15(17,18)19/h2-7H,1H3,(H2,20,21,22,23,24). The highest BCUT2D eigenvalue weighted by molar-refractivity contribution is 6.31. The number of anilines is 4. The fourth-order valence-corrected chi connectivity index (χ4v) is 2.22. The summed E-state index contributed by atoms with van der Waals surface area (Å²) in [6.07, 6.45) is -3.10. The number of halogens is 4. The summed E-state index contributed by atoms with van der Waals surface area (Å²) in [5.41, 5.74) is -0.780. The lowest BCUT2D eigenvalue weighted by molar-refractivity contribution is -0.137. The monoisotopic (exact) mass is 369 g/mol. The van der Waals surface area contributed by atoms with Crippen LogP contribution in [0.25, 0.3) is 0 Å². The summed E-state index contributed by atoms with van der Waals surface area (Å²) in [4.78, 5) is 8.13. The van der Waals surface area contributed by atoms with Crippen LogP contribution in [0.2, 0.25) is 5.02 Å². The van der Waals surface area contributed by atoms with E-state index in [4.69, 9.17) is 16.1 Å². The first-order chi connectivity index (χ1) is 11.8. The van der Waals surface area contributed by atoms with E-state index in [2.05, 4.69) is 25.8 Å². The van der Waals surface area contributed by atoms with Crippen LogP contribution in [0.5, 0.6) is 0 Å². The molecule has 3 aromatic rings. The molecule has 0 atom stereocenters. The molecule has 10 heteroatoms. The van der Waals surface area contributed by atoms with Gasteiger partial charge in [0.15, 0.2) is 5.82 Å². The summed E-state index contributed by atoms with van der Waals surface area (Å²) in [6.45, 7) is 1.74. The zero-order chi connectivity index (χ0) is 18.0. The molecule has 0 fully saturated rings. The van der Waals surface area contributed by atoms with Crippen molar-refractivity contribution in [2.75, 3.05) is 10.6 Å². The fraction of sp³-hybridized carbons (Fsp3) is 0.133. The lowest BCUT2D eigenvalue weighted by atomic mass is 10.2. The predicted molar refractivity (Wildman–Crippen MR) is 86.3 cm³/mol. The van der Waals surface area contributed by atoms with E-state index in [0.717, 1.165) is 12.1 Å². The van der Waals surface area contributed by atoms with Crippen LogP contribution < -0.4 is 10.6 Å². The first-order valence-electron chi connectivity index (χ1n) is 6.98. The maximum Gasteiger partial charge on any atom is 0.417 e. The van der Waals surface area contributed by atoms with Crippen molar-refractivity contribution in [3.63, 3.8) is 0 Å². The Labute approximate surface area is 145 Å². The molecule has 0 spiro atoms. The van der Waals surface area contributed by atoms with E-state index in [1.54, 1.807) is 19.1 Å². The van der Waals surface area contributed by atoms with Gasteiger partial charge in [0.25, 0.3) is 0 Å². The minimum absolute atomic E-state index is 0.112. The Balaban J connectivity index is 1.80. The van der Waals surface area contributed by atoms with Gasteiger partial charge in [-0.1, -0.05) is 16.8 Å². The topological polar surface area (TPSA) is 75.9 Å². The zero-order valence-corrected chi connectivity index (χ0v) is 13.5. The van der Waals surface area contributed by atoms with Crippen molar-refractivity contribution in [1.82, 2.24) is 15.1 Å². The summed E-state index contributed by atoms with van der Waals surface area (Å²) < 4.78 is 43.6. The van der Waals surface area contributed by atoms with Crippen LogP contribution in [0.15, 0.2) is 41.1 Å². The van der Waals surface area contributed by atoms with Crippen LogP contribution in [-0.2, 0) is 6.18 Å². The third-order valence-corrected chi connectivity index (χ3v) is 3.40. The average Bonchev–Trinajstić information content (AvgIpc) is 2.93. The molecule has 130 valence electrons. The van der Waals surface area contributed by atoms with Crippen molar-refractivity contribution in [3.8, 4) is 0 Å². The lowest BCUT2D eigenvalue weighted by Crippen LogP contribution is -2.07. The second kappa shape index (κ2) is 6.60. The van der Waals surface area contributed by atoms with Crippen LogP contribution in [0, 0.1) is 6.92 Å². The van der Waals surface area contributed by atoms with E-state index in [-0.39, 0.29) is 16.7 Å². The van der Waals surface area contributed by atoms with Crippen LogP contribution in [0.1, 0.15) is 11.3 Å². The molecule has 2 N–H and O–H groups in total. The van der Waals surface area contributed by atoms with Gasteiger partial charge in [0.1, 0.15) is 11.6 Å². The Morgan fingerprint density at radius 1 is 1.08 bits per heavy atom. The molecule has 2 aromatic heterocycles. The molecule has 3 rings (SSSR count). The molecule has 0 amide bonds. The van der Waals surface area contributed by atoms with Gasteiger partial charge in [0.05, 0.1) is 10.6 Å². The second-order valence-electron chi connectivity index (χ2n) is 5.03. The molecule has 1 aromatic carbocycles. The minimum atomic E-state index is -4.55. The molecule has 0 aliphatic heterocycles. The third kappa shape index (κ3) is 4.18. The molecule has 6 nitrogen and oxygen atoms in total. The number of aryl methyl sites for hydroxylation is 1. The second-order valence-corrected chi connectivity index (χ2v) is 5.44. The van der Waals surface area contributed by atoms with Gasteiger partial charge in [-0.05, 0) is 31.2 Å². The maximum absolute atomic E-state index is 12.9. The molecule has 25 heavy (non-hydrogen) atoms. The molecular formula is C15H11ClF3N5O. The highest BCUT2D eigenvalue weighted by atomic mass is 35.5. The molecule has 0 aliphatic rings. The highest BCUT2D eigenvalue weighted by Crippen LogP contribution is 2.36. The van der Waals surface area contributed by atoms with E-state index in [1.807, 2.05) is 0 Å². The van der Waals surface area contributed by atoms with Crippen LogP contribution >= 0.6 is 11.6 Å². The molecule has 0 bridgehead atoms. The number of rotatable bonds is 4. The molecule has 2 heterocycles. The SMILES string of the molecule is Cc1cc(Nc2ccnc(Nc3ccc(Cl)c(C(F)(F)F)c3)n2)no1. The minimum Gasteiger partial charge on any atom is -0.360 e. The Hall–Kier alpha value is -2.81. The van der Waals surface area contributed by atoms with Gasteiger partial charge >= 0.3 is 6.18 Å². The maximum atomic E-state index is 12.9. The lowest BCUT2D eigenvalue weighted by Gasteiger charge is -2.12. The Kier molecular flexibility index (Phi) is 4.49. The molecule has 0 saturated heterocycles. The quantitative estimate of drug-likeness (QED) is 0.679. The Morgan fingerprint density at radius 2 is 1.88 bits per heavy atom. The molecule has 0 saturated carbocycles. The van der Waals surface area contributed by atoms with Crippen molar-refractivity contribution in [2.24, 2.45) is 0 Å². The van der Waals surface area contributed by atoms with Crippen molar-refractivity contribution in [1.29, 1.82) is 0 Å². The first kappa shape index (κ1) is 17.0. The van der Waals surface area contributed by atoms with Gasteiger partial charge in [-0.2, -0.15) is 18.2 Å². The van der Waals surface area contributed by atoms with Gasteiger partial charge in [-0.25, -0.2) is 4.98 Å². The van der Waals surface area contributed by atoms with E-state index in [9.17, 15) is 13.2 Å². The molecule has 0 unspecified atom stereocenters. The van der Waals surface area contributed by atoms with Crippen molar-refractivity contribution < 1.29 is 17.7 Å². The number of alkyl halides is 3. The van der Waals surface area contributed by atoms with Gasteiger partial charge in [0, 0.05) is 18.0 Å². The van der Waals surface area contributed by atoms with E-state index < -0.39 is 11.7 Å². The van der Waals surface area contributed by atoms with Crippen LogP contribution in [-0.4, -0.2) is 15.1 Å². The van der Waals surface area contributed by atoms with Crippen molar-refractivity contribution >= 4 is 34.9 Å². The molecular weight excluding hydrogens is 359 g/mol. The van der Waals surface area contributed by atoms with Gasteiger partial charge in [-0.3, -0.25) is 0 Å². The largest absolute Gasteiger partial charge is 0.417 e. The van der Waals surface area contributed by atoms with E-state index >= 15 is 0 Å². The van der Waals surface area contributed by atoms with E-state index in [0.29, 0.717) is 17.4 Å². The number of nitrogens with zero attached hydrogens (tertiary/aromatic N) is 3. The van der Waals surface area contributed by atoms with Gasteiger partial charge in [-0.15, -0.1) is 0 Å². The molecule has 0 radical (unpaired) electrons. The van der Waals surface area contributed by atoms with Gasteiger partial charge in [0.2, 0.25) is 5.95 Å². The first-order valence-corrected chi connectivity index (χ1v) is 7.36. The Bertz CT molecular complexity index is 897. The van der Waals surface area contributed by atoms with Crippen molar-refractivity contribution in [2.45, 2.75) is 13.1 Å². The van der Waals surface area contributed by atoms with E-state index in [1.165, 1.54) is 12.3 Å². The summed E-state index contributed by atoms with van der Waals surface area (Å²) in [6, 6.07) is 6.71. The predicted octanol–water partition coefficient (Wildman–Crippen LogP) is 4.93. The highest BCUT2D eigenvalue weighted by Gasteiger charge is 2.33. The van der Waals surface area contributed by atoms with Crippen molar-refractivity contribution in [3.05, 3.63) is 52.9 Å². The fourth-order valence-electron chi connectivity index (χ4n) is 1.99. The third-order valence-electron chi connectivity index (χ3n) is 3.07. The smallest absolute Gasteiger partial charge is 0.360 e. The summed E-state index contributed by atoms with van der Waals surface area (Å²) in [5.74, 6) is 1.58. The molecule has 0 aliphatic carbocycles. The number of nitrogens with one attached hydrogen (secondary N) is 2. The normalized spacial score (nSPS) is 11.4. The number of hydrogen-bond donors (Lipinski definition) is 2.